The third-order valence-corrected chi connectivity index (χ3v) is 5.81. The number of anilines is 1. The third-order valence-electron chi connectivity index (χ3n) is 2.64. The highest BCUT2D eigenvalue weighted by atomic mass is 79.9. The van der Waals surface area contributed by atoms with Crippen LogP contribution in [0.4, 0.5) is 5.13 Å². The van der Waals surface area contributed by atoms with Gasteiger partial charge in [0.15, 0.2) is 4.34 Å². The second-order valence-corrected chi connectivity index (χ2v) is 7.19. The number of rotatable bonds is 6. The van der Waals surface area contributed by atoms with Crippen molar-refractivity contribution in [2.45, 2.75) is 10.3 Å². The van der Waals surface area contributed by atoms with E-state index < -0.39 is 0 Å². The topological polar surface area (TPSA) is 29.0 Å². The second kappa shape index (κ2) is 7.26. The van der Waals surface area contributed by atoms with E-state index in [0.717, 1.165) is 20.6 Å². The maximum Gasteiger partial charge on any atom is 0.208 e. The predicted molar refractivity (Wildman–Crippen MR) is 87.9 cm³/mol. The van der Waals surface area contributed by atoms with Gasteiger partial charge in [0.2, 0.25) is 5.13 Å². The van der Waals surface area contributed by atoms with Crippen molar-refractivity contribution in [3.8, 4) is 0 Å². The van der Waals surface area contributed by atoms with Gasteiger partial charge < -0.3 is 4.90 Å². The fourth-order valence-corrected chi connectivity index (χ4v) is 4.39. The molecule has 0 amide bonds. The molecule has 0 radical (unpaired) electrons. The summed E-state index contributed by atoms with van der Waals surface area (Å²) < 4.78 is 1.03. The van der Waals surface area contributed by atoms with Crippen molar-refractivity contribution in [3.63, 3.8) is 0 Å². The van der Waals surface area contributed by atoms with E-state index in [0.29, 0.717) is 5.92 Å². The van der Waals surface area contributed by atoms with Crippen LogP contribution in [-0.2, 0) is 0 Å². The molecule has 3 nitrogen and oxygen atoms in total. The zero-order chi connectivity index (χ0) is 13.7. The molecule has 19 heavy (non-hydrogen) atoms. The van der Waals surface area contributed by atoms with Gasteiger partial charge in [-0.05, 0) is 5.56 Å². The summed E-state index contributed by atoms with van der Waals surface area (Å²) in [6.07, 6.45) is 0. The molecule has 0 spiro atoms. The lowest BCUT2D eigenvalue weighted by Gasteiger charge is -2.12. The molecule has 1 aromatic heterocycles. The van der Waals surface area contributed by atoms with Crippen LogP contribution in [0.25, 0.3) is 0 Å². The second-order valence-electron chi connectivity index (χ2n) is 4.32. The van der Waals surface area contributed by atoms with E-state index in [1.807, 2.05) is 19.0 Å². The number of halogens is 1. The first kappa shape index (κ1) is 14.8. The van der Waals surface area contributed by atoms with Crippen molar-refractivity contribution in [3.05, 3.63) is 35.9 Å². The molecule has 1 heterocycles. The van der Waals surface area contributed by atoms with Gasteiger partial charge in [0.05, 0.1) is 0 Å². The largest absolute Gasteiger partial charge is 0.353 e. The molecule has 102 valence electrons. The molecule has 2 aromatic rings. The number of alkyl halides is 1. The molecule has 6 heteroatoms. The molecule has 1 aromatic carbocycles. The summed E-state index contributed by atoms with van der Waals surface area (Å²) >= 11 is 7.01. The summed E-state index contributed by atoms with van der Waals surface area (Å²) in [6.45, 7) is 0. The van der Waals surface area contributed by atoms with Crippen LogP contribution in [0.2, 0.25) is 0 Å². The Hall–Kier alpha value is -0.590. The normalized spacial score (nSPS) is 12.4. The molecular weight excluding hydrogens is 342 g/mol. The Morgan fingerprint density at radius 1 is 1.26 bits per heavy atom. The van der Waals surface area contributed by atoms with Crippen LogP contribution in [-0.4, -0.2) is 35.4 Å². The number of hydrogen-bond acceptors (Lipinski definition) is 5. The van der Waals surface area contributed by atoms with Crippen molar-refractivity contribution in [1.82, 2.24) is 10.2 Å². The highest BCUT2D eigenvalue weighted by molar-refractivity contribution is 9.09. The minimum atomic E-state index is 0.498. The Balaban J connectivity index is 1.96. The summed E-state index contributed by atoms with van der Waals surface area (Å²) in [5.74, 6) is 1.51. The molecule has 0 aliphatic heterocycles. The van der Waals surface area contributed by atoms with Crippen molar-refractivity contribution < 1.29 is 0 Å². The van der Waals surface area contributed by atoms with Crippen molar-refractivity contribution in [1.29, 1.82) is 0 Å². The minimum absolute atomic E-state index is 0.498. The third kappa shape index (κ3) is 4.19. The molecule has 1 atom stereocenters. The van der Waals surface area contributed by atoms with Crippen molar-refractivity contribution in [2.24, 2.45) is 0 Å². The number of nitrogens with zero attached hydrogens (tertiary/aromatic N) is 3. The first-order chi connectivity index (χ1) is 9.20. The first-order valence-electron chi connectivity index (χ1n) is 5.95. The SMILES string of the molecule is CN(C)c1nnc(SCC(CBr)c2ccccc2)s1. The van der Waals surface area contributed by atoms with Crippen molar-refractivity contribution >= 4 is 44.2 Å². The molecule has 0 bridgehead atoms. The predicted octanol–water partition coefficient (Wildman–Crippen LogP) is 3.87. The summed E-state index contributed by atoms with van der Waals surface area (Å²) in [5.41, 5.74) is 1.37. The summed E-state index contributed by atoms with van der Waals surface area (Å²) in [7, 11) is 3.97. The van der Waals surface area contributed by atoms with Gasteiger partial charge in [-0.2, -0.15) is 0 Å². The standard InChI is InChI=1S/C13H16BrN3S2/c1-17(2)12-15-16-13(19-12)18-9-11(8-14)10-6-4-3-5-7-10/h3-7,11H,8-9H2,1-2H3. The van der Waals surface area contributed by atoms with Gasteiger partial charge in [-0.25, -0.2) is 0 Å². The zero-order valence-electron chi connectivity index (χ0n) is 10.9. The van der Waals surface area contributed by atoms with Crippen molar-refractivity contribution in [2.75, 3.05) is 30.1 Å². The highest BCUT2D eigenvalue weighted by Gasteiger charge is 2.13. The molecule has 0 aliphatic carbocycles. The Bertz CT molecular complexity index is 502. The van der Waals surface area contributed by atoms with E-state index in [2.05, 4.69) is 56.5 Å². The molecular formula is C13H16BrN3S2. The minimum Gasteiger partial charge on any atom is -0.353 e. The van der Waals surface area contributed by atoms with E-state index in [1.165, 1.54) is 5.56 Å². The summed E-state index contributed by atoms with van der Waals surface area (Å²) in [4.78, 5) is 1.99. The number of thioether (sulfide) groups is 1. The van der Waals surface area contributed by atoms with E-state index in [1.54, 1.807) is 23.1 Å². The van der Waals surface area contributed by atoms with E-state index in [9.17, 15) is 0 Å². The number of benzene rings is 1. The zero-order valence-corrected chi connectivity index (χ0v) is 14.1. The van der Waals surface area contributed by atoms with Crippen LogP contribution >= 0.6 is 39.0 Å². The monoisotopic (exact) mass is 357 g/mol. The average molecular weight is 358 g/mol. The van der Waals surface area contributed by atoms with Crippen LogP contribution in [0.3, 0.4) is 0 Å². The lowest BCUT2D eigenvalue weighted by atomic mass is 10.0. The fraction of sp³-hybridized carbons (Fsp3) is 0.385. The lowest BCUT2D eigenvalue weighted by molar-refractivity contribution is 0.898. The van der Waals surface area contributed by atoms with E-state index in [-0.39, 0.29) is 0 Å². The molecule has 2 rings (SSSR count). The molecule has 0 saturated carbocycles. The molecule has 0 fully saturated rings. The molecule has 0 aliphatic rings. The Morgan fingerprint density at radius 3 is 2.58 bits per heavy atom. The molecule has 0 N–H and O–H groups in total. The van der Waals surface area contributed by atoms with Gasteiger partial charge in [0.25, 0.3) is 0 Å². The fourth-order valence-electron chi connectivity index (χ4n) is 1.57. The summed E-state index contributed by atoms with van der Waals surface area (Å²) in [5, 5.41) is 10.3. The maximum absolute atomic E-state index is 4.21. The molecule has 1 unspecified atom stereocenters. The Morgan fingerprint density at radius 2 is 2.00 bits per heavy atom. The van der Waals surface area contributed by atoms with Crippen LogP contribution in [0.1, 0.15) is 11.5 Å². The van der Waals surface area contributed by atoms with Gasteiger partial charge in [-0.3, -0.25) is 0 Å². The molecule has 0 saturated heterocycles. The lowest BCUT2D eigenvalue weighted by Crippen LogP contribution is -2.07. The van der Waals surface area contributed by atoms with Crippen LogP contribution in [0.5, 0.6) is 0 Å². The smallest absolute Gasteiger partial charge is 0.208 e. The Kier molecular flexibility index (Phi) is 5.66. The van der Waals surface area contributed by atoms with Gasteiger partial charge in [-0.15, -0.1) is 10.2 Å². The van der Waals surface area contributed by atoms with E-state index in [4.69, 9.17) is 0 Å². The van der Waals surface area contributed by atoms with E-state index >= 15 is 0 Å². The number of hydrogen-bond donors (Lipinski definition) is 0. The van der Waals surface area contributed by atoms with Crippen LogP contribution in [0, 0.1) is 0 Å². The van der Waals surface area contributed by atoms with Crippen LogP contribution < -0.4 is 4.90 Å². The van der Waals surface area contributed by atoms with Gasteiger partial charge in [0, 0.05) is 31.1 Å². The first-order valence-corrected chi connectivity index (χ1v) is 8.87. The quantitative estimate of drug-likeness (QED) is 0.579. The summed E-state index contributed by atoms with van der Waals surface area (Å²) in [6, 6.07) is 10.6. The average Bonchev–Trinajstić information content (AvgIpc) is 2.90. The van der Waals surface area contributed by atoms with Gasteiger partial charge in [-0.1, -0.05) is 69.4 Å². The highest BCUT2D eigenvalue weighted by Crippen LogP contribution is 2.31. The van der Waals surface area contributed by atoms with Crippen LogP contribution in [0.15, 0.2) is 34.7 Å². The number of aromatic nitrogens is 2. The Labute approximate surface area is 130 Å². The maximum atomic E-state index is 4.21. The van der Waals surface area contributed by atoms with Gasteiger partial charge in [0.1, 0.15) is 0 Å². The van der Waals surface area contributed by atoms with Gasteiger partial charge >= 0.3 is 0 Å².